The van der Waals surface area contributed by atoms with E-state index >= 15 is 0 Å². The van der Waals surface area contributed by atoms with Crippen LogP contribution in [0.2, 0.25) is 0 Å². The highest BCUT2D eigenvalue weighted by Gasteiger charge is 2.40. The SMILES string of the molecule is COc1ccc2c(c1)OCC1c3ccccc3OC21. The van der Waals surface area contributed by atoms with Gasteiger partial charge in [-0.05, 0) is 18.2 Å². The molecule has 2 aliphatic rings. The van der Waals surface area contributed by atoms with E-state index in [2.05, 4.69) is 6.07 Å². The Kier molecular flexibility index (Phi) is 2.21. The van der Waals surface area contributed by atoms with Crippen molar-refractivity contribution < 1.29 is 14.2 Å². The predicted molar refractivity (Wildman–Crippen MR) is 71.0 cm³/mol. The van der Waals surface area contributed by atoms with E-state index in [1.54, 1.807) is 7.11 Å². The van der Waals surface area contributed by atoms with Gasteiger partial charge in [-0.2, -0.15) is 0 Å². The van der Waals surface area contributed by atoms with Gasteiger partial charge < -0.3 is 14.2 Å². The van der Waals surface area contributed by atoms with Gasteiger partial charge in [0.15, 0.2) is 0 Å². The van der Waals surface area contributed by atoms with Gasteiger partial charge in [-0.3, -0.25) is 0 Å². The molecule has 0 spiro atoms. The molecule has 0 N–H and O–H groups in total. The molecule has 19 heavy (non-hydrogen) atoms. The van der Waals surface area contributed by atoms with Crippen LogP contribution in [0.15, 0.2) is 42.5 Å². The number of rotatable bonds is 1. The van der Waals surface area contributed by atoms with Crippen molar-refractivity contribution in [1.29, 1.82) is 0 Å². The molecule has 2 heterocycles. The molecule has 3 nitrogen and oxygen atoms in total. The third kappa shape index (κ3) is 1.51. The van der Waals surface area contributed by atoms with Crippen LogP contribution in [0.5, 0.6) is 17.2 Å². The predicted octanol–water partition coefficient (Wildman–Crippen LogP) is 3.30. The summed E-state index contributed by atoms with van der Waals surface area (Å²) in [7, 11) is 1.66. The largest absolute Gasteiger partial charge is 0.497 e. The fraction of sp³-hybridized carbons (Fsp3) is 0.250. The first kappa shape index (κ1) is 10.7. The third-order valence-electron chi connectivity index (χ3n) is 3.88. The number of benzene rings is 2. The Balaban J connectivity index is 1.78. The molecule has 0 amide bonds. The number of hydrogen-bond acceptors (Lipinski definition) is 3. The van der Waals surface area contributed by atoms with Gasteiger partial charge in [0.2, 0.25) is 0 Å². The summed E-state index contributed by atoms with van der Waals surface area (Å²) >= 11 is 0. The van der Waals surface area contributed by atoms with Crippen molar-refractivity contribution in [3.63, 3.8) is 0 Å². The lowest BCUT2D eigenvalue weighted by Crippen LogP contribution is -2.23. The summed E-state index contributed by atoms with van der Waals surface area (Å²) in [6.45, 7) is 0.655. The molecule has 2 aromatic carbocycles. The second kappa shape index (κ2) is 3.92. The van der Waals surface area contributed by atoms with E-state index in [4.69, 9.17) is 14.2 Å². The Hall–Kier alpha value is -2.16. The number of hydrogen-bond donors (Lipinski definition) is 0. The average Bonchev–Trinajstić information content (AvgIpc) is 2.85. The van der Waals surface area contributed by atoms with Gasteiger partial charge in [0.25, 0.3) is 0 Å². The summed E-state index contributed by atoms with van der Waals surface area (Å²) in [5.41, 5.74) is 2.35. The van der Waals surface area contributed by atoms with E-state index in [1.807, 2.05) is 36.4 Å². The number of methoxy groups -OCH3 is 1. The van der Waals surface area contributed by atoms with Crippen LogP contribution in [0, 0.1) is 0 Å². The number of fused-ring (bicyclic) bond motifs is 5. The zero-order valence-electron chi connectivity index (χ0n) is 10.6. The van der Waals surface area contributed by atoms with Crippen LogP contribution in [-0.4, -0.2) is 13.7 Å². The second-order valence-electron chi connectivity index (χ2n) is 4.90. The van der Waals surface area contributed by atoms with Crippen LogP contribution in [0.1, 0.15) is 23.1 Å². The van der Waals surface area contributed by atoms with Crippen molar-refractivity contribution >= 4 is 0 Å². The Labute approximate surface area is 111 Å². The summed E-state index contributed by atoms with van der Waals surface area (Å²) in [6, 6.07) is 14.1. The highest BCUT2D eigenvalue weighted by molar-refractivity contribution is 5.50. The van der Waals surface area contributed by atoms with E-state index in [-0.39, 0.29) is 12.0 Å². The van der Waals surface area contributed by atoms with E-state index in [1.165, 1.54) is 5.56 Å². The molecule has 2 aromatic rings. The molecule has 3 heteroatoms. The van der Waals surface area contributed by atoms with Crippen molar-refractivity contribution in [2.45, 2.75) is 12.0 Å². The molecular weight excluding hydrogens is 240 g/mol. The molecule has 96 valence electrons. The standard InChI is InChI=1S/C16H14O3/c1-17-10-6-7-12-15(8-10)18-9-13-11-4-2-3-5-14(11)19-16(12)13/h2-8,13,16H,9H2,1H3. The zero-order valence-corrected chi connectivity index (χ0v) is 10.6. The molecule has 0 saturated carbocycles. The van der Waals surface area contributed by atoms with Crippen LogP contribution >= 0.6 is 0 Å². The topological polar surface area (TPSA) is 27.7 Å². The van der Waals surface area contributed by atoms with Crippen LogP contribution in [0.3, 0.4) is 0 Å². The van der Waals surface area contributed by atoms with Crippen LogP contribution < -0.4 is 14.2 Å². The monoisotopic (exact) mass is 254 g/mol. The van der Waals surface area contributed by atoms with Gasteiger partial charge in [-0.25, -0.2) is 0 Å². The lowest BCUT2D eigenvalue weighted by molar-refractivity contribution is 0.139. The Morgan fingerprint density at radius 3 is 2.84 bits per heavy atom. The van der Waals surface area contributed by atoms with E-state index in [9.17, 15) is 0 Å². The maximum Gasteiger partial charge on any atom is 0.138 e. The molecule has 2 unspecified atom stereocenters. The van der Waals surface area contributed by atoms with Crippen molar-refractivity contribution in [2.24, 2.45) is 0 Å². The van der Waals surface area contributed by atoms with Gasteiger partial charge in [-0.1, -0.05) is 18.2 Å². The molecule has 0 fully saturated rings. The van der Waals surface area contributed by atoms with Gasteiger partial charge in [0.1, 0.15) is 23.4 Å². The second-order valence-corrected chi connectivity index (χ2v) is 4.90. The van der Waals surface area contributed by atoms with E-state index in [0.29, 0.717) is 6.61 Å². The summed E-state index contributed by atoms with van der Waals surface area (Å²) in [5.74, 6) is 2.95. The van der Waals surface area contributed by atoms with Gasteiger partial charge in [0.05, 0.1) is 19.6 Å². The highest BCUT2D eigenvalue weighted by atomic mass is 16.5. The molecule has 4 rings (SSSR count). The van der Waals surface area contributed by atoms with Gasteiger partial charge in [-0.15, -0.1) is 0 Å². The summed E-state index contributed by atoms with van der Waals surface area (Å²) < 4.78 is 17.2. The van der Waals surface area contributed by atoms with Crippen molar-refractivity contribution in [2.75, 3.05) is 13.7 Å². The van der Waals surface area contributed by atoms with Gasteiger partial charge in [0, 0.05) is 17.2 Å². The Morgan fingerprint density at radius 1 is 1.05 bits per heavy atom. The molecule has 0 radical (unpaired) electrons. The molecule has 0 saturated heterocycles. The van der Waals surface area contributed by atoms with Crippen LogP contribution in [0.25, 0.3) is 0 Å². The van der Waals surface area contributed by atoms with Crippen molar-refractivity contribution in [3.05, 3.63) is 53.6 Å². The van der Waals surface area contributed by atoms with Crippen molar-refractivity contribution in [1.82, 2.24) is 0 Å². The minimum absolute atomic E-state index is 0.0621. The Morgan fingerprint density at radius 2 is 1.95 bits per heavy atom. The van der Waals surface area contributed by atoms with Gasteiger partial charge >= 0.3 is 0 Å². The first-order chi connectivity index (χ1) is 9.36. The highest BCUT2D eigenvalue weighted by Crippen LogP contribution is 2.51. The van der Waals surface area contributed by atoms with Crippen molar-refractivity contribution in [3.8, 4) is 17.2 Å². The zero-order chi connectivity index (χ0) is 12.8. The average molecular weight is 254 g/mol. The number of para-hydroxylation sites is 1. The maximum atomic E-state index is 6.09. The minimum Gasteiger partial charge on any atom is -0.497 e. The Bertz CT molecular complexity index is 636. The quantitative estimate of drug-likeness (QED) is 0.781. The van der Waals surface area contributed by atoms with E-state index in [0.717, 1.165) is 22.8 Å². The fourth-order valence-electron chi connectivity index (χ4n) is 2.91. The van der Waals surface area contributed by atoms with E-state index < -0.39 is 0 Å². The fourth-order valence-corrected chi connectivity index (χ4v) is 2.91. The molecule has 0 bridgehead atoms. The summed E-state index contributed by atoms with van der Waals surface area (Å²) in [5, 5.41) is 0. The maximum absolute atomic E-state index is 6.09. The third-order valence-corrected chi connectivity index (χ3v) is 3.88. The molecular formula is C16H14O3. The lowest BCUT2D eigenvalue weighted by Gasteiger charge is -2.28. The molecule has 0 aromatic heterocycles. The molecule has 2 atom stereocenters. The summed E-state index contributed by atoms with van der Waals surface area (Å²) in [4.78, 5) is 0. The van der Waals surface area contributed by atoms with Crippen LogP contribution in [0.4, 0.5) is 0 Å². The first-order valence-electron chi connectivity index (χ1n) is 6.43. The minimum atomic E-state index is 0.0621. The van der Waals surface area contributed by atoms with Crippen LogP contribution in [-0.2, 0) is 0 Å². The number of ether oxygens (including phenoxy) is 3. The smallest absolute Gasteiger partial charge is 0.138 e. The first-order valence-corrected chi connectivity index (χ1v) is 6.43. The lowest BCUT2D eigenvalue weighted by atomic mass is 9.89. The molecule has 0 aliphatic carbocycles. The normalized spacial score (nSPS) is 22.6. The molecule has 2 aliphatic heterocycles. The summed E-state index contributed by atoms with van der Waals surface area (Å²) in [6.07, 6.45) is 0.0621.